The van der Waals surface area contributed by atoms with Gasteiger partial charge in [-0.15, -0.1) is 12.8 Å². The Morgan fingerprint density at radius 2 is 0.688 bits per heavy atom. The molecule has 32 heavy (non-hydrogen) atoms. The second-order valence-corrected chi connectivity index (χ2v) is 8.66. The van der Waals surface area contributed by atoms with Crippen LogP contribution in [0.15, 0.2) is 36.5 Å². The van der Waals surface area contributed by atoms with E-state index in [0.717, 1.165) is 12.8 Å². The summed E-state index contributed by atoms with van der Waals surface area (Å²) >= 11 is 0. The highest BCUT2D eigenvalue weighted by atomic mass is 16.3. The fourth-order valence-electron chi connectivity index (χ4n) is 3.61. The highest BCUT2D eigenvalue weighted by Gasteiger charge is 1.94. The highest BCUT2D eigenvalue weighted by Crippen LogP contribution is 2.12. The molecule has 2 nitrogen and oxygen atoms in total. The third kappa shape index (κ3) is 24.5. The van der Waals surface area contributed by atoms with Gasteiger partial charge in [-0.3, -0.25) is 0 Å². The molecule has 0 aromatic carbocycles. The first-order valence-corrected chi connectivity index (χ1v) is 13.0. The van der Waals surface area contributed by atoms with E-state index < -0.39 is 12.2 Å². The van der Waals surface area contributed by atoms with Gasteiger partial charge in [-0.05, 0) is 63.5 Å². The van der Waals surface area contributed by atoms with Crippen LogP contribution in [-0.2, 0) is 0 Å². The first-order valence-electron chi connectivity index (χ1n) is 13.0. The summed E-state index contributed by atoms with van der Waals surface area (Å²) in [5, 5.41) is 18.4. The monoisotopic (exact) mass is 440 g/mol. The predicted molar refractivity (Wildman–Crippen MR) is 140 cm³/mol. The Morgan fingerprint density at radius 1 is 0.438 bits per heavy atom. The first-order chi connectivity index (χ1) is 15.7. The van der Waals surface area contributed by atoms with Crippen molar-refractivity contribution in [3.63, 3.8) is 0 Å². The topological polar surface area (TPSA) is 40.5 Å². The van der Waals surface area contributed by atoms with Gasteiger partial charge in [0.2, 0.25) is 0 Å². The molecule has 0 spiro atoms. The van der Waals surface area contributed by atoms with E-state index in [-0.39, 0.29) is 0 Å². The van der Waals surface area contributed by atoms with Gasteiger partial charge < -0.3 is 10.2 Å². The Balaban J connectivity index is 3.21. The molecule has 0 radical (unpaired) electrons. The van der Waals surface area contributed by atoms with E-state index in [1.165, 1.54) is 103 Å². The molecular weight excluding hydrogens is 392 g/mol. The zero-order chi connectivity index (χ0) is 23.5. The van der Waals surface area contributed by atoms with Gasteiger partial charge in [0.25, 0.3) is 0 Å². The van der Waals surface area contributed by atoms with E-state index in [9.17, 15) is 10.2 Å². The molecule has 0 fully saturated rings. The van der Waals surface area contributed by atoms with Crippen LogP contribution < -0.4 is 0 Å². The fraction of sp³-hybridized carbons (Fsp3) is 0.667. The quantitative estimate of drug-likeness (QED) is 0.103. The molecule has 0 rings (SSSR count). The maximum Gasteiger partial charge on any atom is 0.133 e. The zero-order valence-corrected chi connectivity index (χ0v) is 20.4. The van der Waals surface area contributed by atoms with Crippen molar-refractivity contribution in [1.29, 1.82) is 0 Å². The molecule has 2 atom stereocenters. The Labute approximate surface area is 199 Å². The summed E-state index contributed by atoms with van der Waals surface area (Å²) in [7, 11) is 0. The average molecular weight is 441 g/mol. The summed E-state index contributed by atoms with van der Waals surface area (Å²) in [5.41, 5.74) is 0. The standard InChI is InChI=1S/C30H48O2/c1-3-29(31)27-25-23-21-19-17-15-13-11-9-7-5-6-8-10-12-14-16-18-20-22-24-26-28-30(32)4-2/h1-2,5-6,25-32H,7-24H2/b6-5+,27-25+,28-26+. The van der Waals surface area contributed by atoms with Crippen molar-refractivity contribution in [2.75, 3.05) is 0 Å². The van der Waals surface area contributed by atoms with Crippen LogP contribution in [0.3, 0.4) is 0 Å². The van der Waals surface area contributed by atoms with Gasteiger partial charge in [0.1, 0.15) is 12.2 Å². The molecule has 0 amide bonds. The fourth-order valence-corrected chi connectivity index (χ4v) is 3.61. The average Bonchev–Trinajstić information content (AvgIpc) is 2.81. The number of allylic oxidation sites excluding steroid dienone is 4. The van der Waals surface area contributed by atoms with Crippen molar-refractivity contribution in [2.24, 2.45) is 0 Å². The SMILES string of the molecule is C#CC(O)/C=C/CCCCCCCCC/C=C/CCCCCCCCC/C=C/C(O)C#C. The van der Waals surface area contributed by atoms with Crippen LogP contribution >= 0.6 is 0 Å². The smallest absolute Gasteiger partial charge is 0.133 e. The number of aliphatic hydroxyl groups excluding tert-OH is 2. The summed E-state index contributed by atoms with van der Waals surface area (Å²) in [5.74, 6) is 4.57. The lowest BCUT2D eigenvalue weighted by atomic mass is 10.1. The minimum atomic E-state index is -0.721. The largest absolute Gasteiger partial charge is 0.377 e. The number of aliphatic hydroxyl groups is 2. The maximum atomic E-state index is 9.21. The molecule has 0 saturated carbocycles. The van der Waals surface area contributed by atoms with Crippen molar-refractivity contribution >= 4 is 0 Å². The molecule has 2 heteroatoms. The van der Waals surface area contributed by atoms with Crippen LogP contribution in [0.1, 0.15) is 116 Å². The molecular formula is C30H48O2. The third-order valence-electron chi connectivity index (χ3n) is 5.63. The molecule has 0 heterocycles. The van der Waals surface area contributed by atoms with Crippen molar-refractivity contribution < 1.29 is 10.2 Å². The molecule has 0 aliphatic heterocycles. The Hall–Kier alpha value is -1.74. The van der Waals surface area contributed by atoms with Crippen LogP contribution in [0.4, 0.5) is 0 Å². The van der Waals surface area contributed by atoms with Crippen LogP contribution in [0, 0.1) is 24.7 Å². The number of terminal acetylenes is 2. The van der Waals surface area contributed by atoms with E-state index in [0.29, 0.717) is 0 Å². The molecule has 0 bridgehead atoms. The highest BCUT2D eigenvalue weighted by molar-refractivity contribution is 5.06. The van der Waals surface area contributed by atoms with Crippen LogP contribution in [0.2, 0.25) is 0 Å². The van der Waals surface area contributed by atoms with Gasteiger partial charge in [0.15, 0.2) is 0 Å². The Morgan fingerprint density at radius 3 is 0.969 bits per heavy atom. The number of rotatable bonds is 22. The summed E-state index contributed by atoms with van der Waals surface area (Å²) in [6.45, 7) is 0. The van der Waals surface area contributed by atoms with E-state index in [1.54, 1.807) is 12.2 Å². The normalized spacial score (nSPS) is 13.6. The molecule has 180 valence electrons. The molecule has 0 saturated heterocycles. The lowest BCUT2D eigenvalue weighted by Gasteiger charge is -2.01. The lowest BCUT2D eigenvalue weighted by Crippen LogP contribution is -1.95. The van der Waals surface area contributed by atoms with E-state index in [2.05, 4.69) is 24.0 Å². The molecule has 0 aromatic heterocycles. The Kier molecular flexibility index (Phi) is 24.1. The summed E-state index contributed by atoms with van der Waals surface area (Å²) < 4.78 is 0. The second kappa shape index (κ2) is 25.5. The third-order valence-corrected chi connectivity index (χ3v) is 5.63. The molecule has 2 unspecified atom stereocenters. The minimum Gasteiger partial charge on any atom is -0.377 e. The predicted octanol–water partition coefficient (Wildman–Crippen LogP) is 7.67. The second-order valence-electron chi connectivity index (χ2n) is 8.66. The van der Waals surface area contributed by atoms with Crippen molar-refractivity contribution in [2.45, 2.75) is 128 Å². The van der Waals surface area contributed by atoms with E-state index in [1.807, 2.05) is 12.2 Å². The first kappa shape index (κ1) is 30.3. The molecule has 2 N–H and O–H groups in total. The van der Waals surface area contributed by atoms with Gasteiger partial charge in [0, 0.05) is 0 Å². The van der Waals surface area contributed by atoms with Gasteiger partial charge >= 0.3 is 0 Å². The summed E-state index contributed by atoms with van der Waals surface area (Å²) in [6, 6.07) is 0. The molecule has 0 aromatic rings. The van der Waals surface area contributed by atoms with Crippen LogP contribution in [-0.4, -0.2) is 22.4 Å². The van der Waals surface area contributed by atoms with Crippen LogP contribution in [0.5, 0.6) is 0 Å². The zero-order valence-electron chi connectivity index (χ0n) is 20.4. The van der Waals surface area contributed by atoms with E-state index in [4.69, 9.17) is 12.8 Å². The van der Waals surface area contributed by atoms with Crippen molar-refractivity contribution in [3.8, 4) is 24.7 Å². The molecule has 0 aliphatic carbocycles. The summed E-state index contributed by atoms with van der Waals surface area (Å²) in [4.78, 5) is 0. The van der Waals surface area contributed by atoms with Crippen molar-refractivity contribution in [1.82, 2.24) is 0 Å². The number of hydrogen-bond acceptors (Lipinski definition) is 2. The van der Waals surface area contributed by atoms with Gasteiger partial charge in [0.05, 0.1) is 0 Å². The van der Waals surface area contributed by atoms with Gasteiger partial charge in [-0.2, -0.15) is 0 Å². The van der Waals surface area contributed by atoms with Gasteiger partial charge in [-0.1, -0.05) is 100 Å². The lowest BCUT2D eigenvalue weighted by molar-refractivity contribution is 0.280. The van der Waals surface area contributed by atoms with Crippen molar-refractivity contribution in [3.05, 3.63) is 36.5 Å². The Bertz CT molecular complexity index is 508. The number of hydrogen-bond donors (Lipinski definition) is 2. The molecule has 0 aliphatic rings. The number of unbranched alkanes of at least 4 members (excludes halogenated alkanes) is 16. The van der Waals surface area contributed by atoms with E-state index >= 15 is 0 Å². The summed E-state index contributed by atoms with van der Waals surface area (Å²) in [6.07, 6.45) is 43.7. The van der Waals surface area contributed by atoms with Gasteiger partial charge in [-0.25, -0.2) is 0 Å². The van der Waals surface area contributed by atoms with Crippen LogP contribution in [0.25, 0.3) is 0 Å². The maximum absolute atomic E-state index is 9.21. The minimum absolute atomic E-state index is 0.721.